The molecule has 1 aromatic carbocycles. The molecule has 0 bridgehead atoms. The van der Waals surface area contributed by atoms with Crippen LogP contribution in [0.5, 0.6) is 0 Å². The molecule has 1 unspecified atom stereocenters. The van der Waals surface area contributed by atoms with Gasteiger partial charge in [-0.2, -0.15) is 0 Å². The first-order valence-corrected chi connectivity index (χ1v) is 4.46. The zero-order valence-electron chi connectivity index (χ0n) is 7.82. The van der Waals surface area contributed by atoms with Crippen LogP contribution in [0, 0.1) is 5.82 Å². The second-order valence-electron chi connectivity index (χ2n) is 2.87. The Morgan fingerprint density at radius 2 is 2.00 bits per heavy atom. The van der Waals surface area contributed by atoms with Gasteiger partial charge in [-0.25, -0.2) is 4.39 Å². The van der Waals surface area contributed by atoms with E-state index in [-0.39, 0.29) is 25.1 Å². The van der Waals surface area contributed by atoms with E-state index in [1.54, 1.807) is 12.1 Å². The van der Waals surface area contributed by atoms with Crippen molar-refractivity contribution in [2.24, 2.45) is 5.73 Å². The van der Waals surface area contributed by atoms with Crippen molar-refractivity contribution in [2.75, 3.05) is 19.8 Å². The standard InChI is InChI=1S/C10H14FNO2/c11-9-3-1-8(2-4-9)10(7-12)14-6-5-13/h1-4,10,13H,5-7,12H2. The van der Waals surface area contributed by atoms with Crippen LogP contribution in [0.4, 0.5) is 4.39 Å². The lowest BCUT2D eigenvalue weighted by molar-refractivity contribution is 0.0328. The summed E-state index contributed by atoms with van der Waals surface area (Å²) >= 11 is 0. The van der Waals surface area contributed by atoms with Crippen molar-refractivity contribution >= 4 is 0 Å². The summed E-state index contributed by atoms with van der Waals surface area (Å²) in [5, 5.41) is 8.58. The highest BCUT2D eigenvalue weighted by Gasteiger charge is 2.09. The van der Waals surface area contributed by atoms with Crippen molar-refractivity contribution in [1.82, 2.24) is 0 Å². The summed E-state index contributed by atoms with van der Waals surface area (Å²) in [6.07, 6.45) is -0.275. The number of benzene rings is 1. The lowest BCUT2D eigenvalue weighted by Gasteiger charge is -2.15. The quantitative estimate of drug-likeness (QED) is 0.738. The lowest BCUT2D eigenvalue weighted by Crippen LogP contribution is -2.17. The first kappa shape index (κ1) is 11.1. The number of hydrogen-bond acceptors (Lipinski definition) is 3. The molecule has 78 valence electrons. The number of aliphatic hydroxyl groups excluding tert-OH is 1. The van der Waals surface area contributed by atoms with Crippen molar-refractivity contribution in [2.45, 2.75) is 6.10 Å². The Labute approximate surface area is 82.3 Å². The summed E-state index contributed by atoms with van der Waals surface area (Å²) in [7, 11) is 0. The Balaban J connectivity index is 2.64. The number of aliphatic hydroxyl groups is 1. The average molecular weight is 199 g/mol. The maximum atomic E-state index is 12.6. The molecule has 0 spiro atoms. The number of halogens is 1. The molecule has 1 aromatic rings. The van der Waals surface area contributed by atoms with Gasteiger partial charge in [-0.15, -0.1) is 0 Å². The highest BCUT2D eigenvalue weighted by atomic mass is 19.1. The predicted molar refractivity (Wildman–Crippen MR) is 51.2 cm³/mol. The van der Waals surface area contributed by atoms with Gasteiger partial charge in [0.25, 0.3) is 0 Å². The van der Waals surface area contributed by atoms with Gasteiger partial charge in [0.1, 0.15) is 5.82 Å². The molecular weight excluding hydrogens is 185 g/mol. The fourth-order valence-electron chi connectivity index (χ4n) is 1.17. The minimum atomic E-state index is -0.285. The second-order valence-corrected chi connectivity index (χ2v) is 2.87. The highest BCUT2D eigenvalue weighted by molar-refractivity contribution is 5.18. The van der Waals surface area contributed by atoms with Crippen LogP contribution in [0.25, 0.3) is 0 Å². The zero-order chi connectivity index (χ0) is 10.4. The van der Waals surface area contributed by atoms with E-state index in [2.05, 4.69) is 0 Å². The van der Waals surface area contributed by atoms with Crippen LogP contribution in [0.15, 0.2) is 24.3 Å². The summed E-state index contributed by atoms with van der Waals surface area (Å²) in [5.41, 5.74) is 6.30. The van der Waals surface area contributed by atoms with Crippen molar-refractivity contribution < 1.29 is 14.2 Å². The molecule has 3 nitrogen and oxygen atoms in total. The Morgan fingerprint density at radius 3 is 2.50 bits per heavy atom. The van der Waals surface area contributed by atoms with Crippen LogP contribution in [0.2, 0.25) is 0 Å². The smallest absolute Gasteiger partial charge is 0.123 e. The Bertz CT molecular complexity index is 263. The summed E-state index contributed by atoms with van der Waals surface area (Å²) < 4.78 is 17.9. The van der Waals surface area contributed by atoms with Crippen molar-refractivity contribution in [3.8, 4) is 0 Å². The monoisotopic (exact) mass is 199 g/mol. The van der Waals surface area contributed by atoms with E-state index in [0.717, 1.165) is 5.56 Å². The molecule has 0 amide bonds. The van der Waals surface area contributed by atoms with E-state index in [1.807, 2.05) is 0 Å². The number of hydrogen-bond donors (Lipinski definition) is 2. The van der Waals surface area contributed by atoms with Gasteiger partial charge < -0.3 is 15.6 Å². The molecule has 0 aliphatic rings. The van der Waals surface area contributed by atoms with Gasteiger partial charge in [0, 0.05) is 6.54 Å². The third-order valence-corrected chi connectivity index (χ3v) is 1.87. The van der Waals surface area contributed by atoms with E-state index < -0.39 is 0 Å². The predicted octanol–water partition coefficient (Wildman–Crippen LogP) is 0.834. The third kappa shape index (κ3) is 3.06. The van der Waals surface area contributed by atoms with Gasteiger partial charge in [-0.1, -0.05) is 12.1 Å². The van der Waals surface area contributed by atoms with Crippen LogP contribution in [0.3, 0.4) is 0 Å². The van der Waals surface area contributed by atoms with E-state index in [1.165, 1.54) is 12.1 Å². The fourth-order valence-corrected chi connectivity index (χ4v) is 1.17. The fraction of sp³-hybridized carbons (Fsp3) is 0.400. The molecule has 4 heteroatoms. The van der Waals surface area contributed by atoms with Gasteiger partial charge in [-0.05, 0) is 17.7 Å². The molecule has 0 radical (unpaired) electrons. The normalized spacial score (nSPS) is 12.8. The first-order valence-electron chi connectivity index (χ1n) is 4.46. The molecule has 14 heavy (non-hydrogen) atoms. The molecular formula is C10H14FNO2. The van der Waals surface area contributed by atoms with Gasteiger partial charge in [0.05, 0.1) is 19.3 Å². The van der Waals surface area contributed by atoms with Crippen LogP contribution in [-0.2, 0) is 4.74 Å². The maximum absolute atomic E-state index is 12.6. The van der Waals surface area contributed by atoms with Crippen molar-refractivity contribution in [3.05, 3.63) is 35.6 Å². The maximum Gasteiger partial charge on any atom is 0.123 e. The van der Waals surface area contributed by atoms with Gasteiger partial charge in [0.15, 0.2) is 0 Å². The molecule has 0 aliphatic carbocycles. The Morgan fingerprint density at radius 1 is 1.36 bits per heavy atom. The molecule has 1 rings (SSSR count). The Kier molecular flexibility index (Phi) is 4.52. The molecule has 0 saturated carbocycles. The number of rotatable bonds is 5. The van der Waals surface area contributed by atoms with Crippen LogP contribution >= 0.6 is 0 Å². The topological polar surface area (TPSA) is 55.5 Å². The van der Waals surface area contributed by atoms with Crippen molar-refractivity contribution in [1.29, 1.82) is 0 Å². The average Bonchev–Trinajstić information content (AvgIpc) is 2.21. The lowest BCUT2D eigenvalue weighted by atomic mass is 10.1. The van der Waals surface area contributed by atoms with E-state index in [0.29, 0.717) is 6.54 Å². The Hall–Kier alpha value is -0.970. The molecule has 0 aromatic heterocycles. The summed E-state index contributed by atoms with van der Waals surface area (Å²) in [4.78, 5) is 0. The van der Waals surface area contributed by atoms with Gasteiger partial charge >= 0.3 is 0 Å². The second kappa shape index (κ2) is 5.70. The zero-order valence-corrected chi connectivity index (χ0v) is 7.82. The van der Waals surface area contributed by atoms with Crippen LogP contribution in [-0.4, -0.2) is 24.9 Å². The molecule has 0 aliphatic heterocycles. The molecule has 0 fully saturated rings. The van der Waals surface area contributed by atoms with E-state index in [9.17, 15) is 4.39 Å². The summed E-state index contributed by atoms with van der Waals surface area (Å²) in [5.74, 6) is -0.285. The SMILES string of the molecule is NCC(OCCO)c1ccc(F)cc1. The number of ether oxygens (including phenoxy) is 1. The van der Waals surface area contributed by atoms with Gasteiger partial charge in [0.2, 0.25) is 0 Å². The molecule has 0 saturated heterocycles. The van der Waals surface area contributed by atoms with Gasteiger partial charge in [-0.3, -0.25) is 0 Å². The van der Waals surface area contributed by atoms with Crippen LogP contribution in [0.1, 0.15) is 11.7 Å². The molecule has 0 heterocycles. The minimum absolute atomic E-state index is 0.0440. The van der Waals surface area contributed by atoms with E-state index in [4.69, 9.17) is 15.6 Å². The highest BCUT2D eigenvalue weighted by Crippen LogP contribution is 2.16. The minimum Gasteiger partial charge on any atom is -0.394 e. The molecule has 1 atom stereocenters. The summed E-state index contributed by atoms with van der Waals surface area (Å²) in [6.45, 7) is 0.503. The molecule has 3 N–H and O–H groups in total. The number of nitrogens with two attached hydrogens (primary N) is 1. The third-order valence-electron chi connectivity index (χ3n) is 1.87. The van der Waals surface area contributed by atoms with Crippen molar-refractivity contribution in [3.63, 3.8) is 0 Å². The van der Waals surface area contributed by atoms with Crippen LogP contribution < -0.4 is 5.73 Å². The van der Waals surface area contributed by atoms with E-state index >= 15 is 0 Å². The largest absolute Gasteiger partial charge is 0.394 e. The first-order chi connectivity index (χ1) is 6.77. The summed E-state index contributed by atoms with van der Waals surface area (Å²) in [6, 6.07) is 5.98.